The molecule has 0 atom stereocenters. The first-order valence-electron chi connectivity index (χ1n) is 4.14. The normalized spacial score (nSPS) is 13.2. The van der Waals surface area contributed by atoms with Gasteiger partial charge in [-0.15, -0.1) is 0 Å². The van der Waals surface area contributed by atoms with Crippen LogP contribution in [0.4, 0.5) is 4.39 Å². The van der Waals surface area contributed by atoms with Gasteiger partial charge in [-0.1, -0.05) is 27.4 Å². The summed E-state index contributed by atoms with van der Waals surface area (Å²) in [5.41, 5.74) is 0. The van der Waals surface area contributed by atoms with Crippen molar-refractivity contribution in [3.05, 3.63) is 12.4 Å². The fourth-order valence-electron chi connectivity index (χ4n) is 0.475. The van der Waals surface area contributed by atoms with Gasteiger partial charge < -0.3 is 4.43 Å². The predicted molar refractivity (Wildman–Crippen MR) is 53.4 cm³/mol. The van der Waals surface area contributed by atoms with E-state index in [0.29, 0.717) is 0 Å². The number of hydrogen-bond acceptors (Lipinski definition) is 1. The van der Waals surface area contributed by atoms with Gasteiger partial charge in [0.2, 0.25) is 0 Å². The molecule has 0 unspecified atom stereocenters. The van der Waals surface area contributed by atoms with Crippen LogP contribution in [-0.4, -0.2) is 14.9 Å². The number of rotatable bonds is 3. The molecule has 0 N–H and O–H groups in total. The van der Waals surface area contributed by atoms with Crippen molar-refractivity contribution in [2.75, 3.05) is 6.61 Å². The van der Waals surface area contributed by atoms with Crippen LogP contribution in [0.3, 0.4) is 0 Å². The molecule has 0 saturated heterocycles. The fourth-order valence-corrected chi connectivity index (χ4v) is 1.43. The van der Waals surface area contributed by atoms with Crippen LogP contribution >= 0.6 is 0 Å². The highest BCUT2D eigenvalue weighted by Gasteiger charge is 2.37. The molecule has 0 fully saturated rings. The lowest BCUT2D eigenvalue weighted by molar-refractivity contribution is 0.292. The molecule has 0 spiro atoms. The van der Waals surface area contributed by atoms with Gasteiger partial charge in [-0.25, -0.2) is 4.39 Å². The molecule has 0 aromatic rings. The van der Waals surface area contributed by atoms with Crippen LogP contribution in [0, 0.1) is 0 Å². The van der Waals surface area contributed by atoms with Gasteiger partial charge in [-0.3, -0.25) is 0 Å². The van der Waals surface area contributed by atoms with E-state index in [9.17, 15) is 4.39 Å². The second-order valence-corrected chi connectivity index (χ2v) is 9.38. The molecule has 0 amide bonds. The summed E-state index contributed by atoms with van der Waals surface area (Å²) < 4.78 is 17.8. The zero-order valence-electron chi connectivity index (χ0n) is 8.70. The first kappa shape index (κ1) is 11.8. The summed E-state index contributed by atoms with van der Waals surface area (Å²) in [5.74, 6) is -0.389. The minimum atomic E-state index is -1.77. The summed E-state index contributed by atoms with van der Waals surface area (Å²) in [6.07, 6.45) is 0. The monoisotopic (exact) mass is 190 g/mol. The topological polar surface area (TPSA) is 9.23 Å². The summed E-state index contributed by atoms with van der Waals surface area (Å²) in [6, 6.07) is 0. The Kier molecular flexibility index (Phi) is 3.66. The highest BCUT2D eigenvalue weighted by atomic mass is 28.4. The average Bonchev–Trinajstić information content (AvgIpc) is 1.81. The fraction of sp³-hybridized carbons (Fsp3) is 0.778. The zero-order valence-corrected chi connectivity index (χ0v) is 9.70. The van der Waals surface area contributed by atoms with Crippen LogP contribution in [0.5, 0.6) is 0 Å². The van der Waals surface area contributed by atoms with Crippen LogP contribution in [0.1, 0.15) is 20.8 Å². The molecule has 3 heteroatoms. The number of hydrogen-bond donors (Lipinski definition) is 0. The largest absolute Gasteiger partial charge is 0.410 e. The Hall–Kier alpha value is -0.153. The second-order valence-electron chi connectivity index (χ2n) is 4.57. The molecule has 0 rings (SSSR count). The van der Waals surface area contributed by atoms with Crippen molar-refractivity contribution < 1.29 is 8.82 Å². The zero-order chi connectivity index (χ0) is 9.99. The van der Waals surface area contributed by atoms with Crippen LogP contribution in [0.15, 0.2) is 12.4 Å². The maximum atomic E-state index is 12.3. The van der Waals surface area contributed by atoms with Gasteiger partial charge in [-0.2, -0.15) is 0 Å². The van der Waals surface area contributed by atoms with Crippen LogP contribution in [0.2, 0.25) is 18.1 Å². The third kappa shape index (κ3) is 3.50. The Morgan fingerprint density at radius 3 is 2.08 bits per heavy atom. The van der Waals surface area contributed by atoms with Crippen molar-refractivity contribution in [1.29, 1.82) is 0 Å². The first-order valence-corrected chi connectivity index (χ1v) is 7.05. The van der Waals surface area contributed by atoms with Crippen LogP contribution in [0.25, 0.3) is 0 Å². The van der Waals surface area contributed by atoms with E-state index in [1.54, 1.807) is 0 Å². The molecule has 0 bridgehead atoms. The molecule has 1 nitrogen and oxygen atoms in total. The quantitative estimate of drug-likeness (QED) is 0.619. The SMILES string of the molecule is C=C(F)CO[Si](C)(C)C(C)(C)C. The van der Waals surface area contributed by atoms with Crippen molar-refractivity contribution in [3.63, 3.8) is 0 Å². The minimum absolute atomic E-state index is 0.0521. The van der Waals surface area contributed by atoms with Crippen LogP contribution < -0.4 is 0 Å². The van der Waals surface area contributed by atoms with Crippen molar-refractivity contribution in [2.45, 2.75) is 38.9 Å². The Morgan fingerprint density at radius 2 is 1.83 bits per heavy atom. The van der Waals surface area contributed by atoms with Gasteiger partial charge >= 0.3 is 0 Å². The second kappa shape index (κ2) is 3.71. The molecule has 72 valence electrons. The summed E-state index contributed by atoms with van der Waals surface area (Å²) in [7, 11) is -1.77. The van der Waals surface area contributed by atoms with E-state index in [-0.39, 0.29) is 17.5 Å². The van der Waals surface area contributed by atoms with E-state index in [4.69, 9.17) is 4.43 Å². The molecule has 0 aromatic carbocycles. The third-order valence-corrected chi connectivity index (χ3v) is 6.87. The van der Waals surface area contributed by atoms with E-state index < -0.39 is 8.32 Å². The highest BCUT2D eigenvalue weighted by Crippen LogP contribution is 2.36. The van der Waals surface area contributed by atoms with E-state index >= 15 is 0 Å². The summed E-state index contributed by atoms with van der Waals surface area (Å²) in [4.78, 5) is 0. The van der Waals surface area contributed by atoms with Gasteiger partial charge in [0.05, 0.1) is 6.61 Å². The molecule has 0 aliphatic rings. The molecule has 0 aliphatic heterocycles. The molecule has 12 heavy (non-hydrogen) atoms. The number of halogens is 1. The highest BCUT2D eigenvalue weighted by molar-refractivity contribution is 6.74. The van der Waals surface area contributed by atoms with Gasteiger partial charge in [0.1, 0.15) is 5.83 Å². The van der Waals surface area contributed by atoms with E-state index in [1.807, 2.05) is 0 Å². The summed E-state index contributed by atoms with van der Waals surface area (Å²) in [5, 5.41) is 0.141. The summed E-state index contributed by atoms with van der Waals surface area (Å²) in [6.45, 7) is 13.8. The standard InChI is InChI=1S/C9H19FOSi/c1-8(10)7-11-12(5,6)9(2,3)4/h1,7H2,2-6H3. The predicted octanol–water partition coefficient (Wildman–Crippen LogP) is 3.49. The Labute approximate surface area is 75.8 Å². The summed E-state index contributed by atoms with van der Waals surface area (Å²) >= 11 is 0. The Bertz CT molecular complexity index is 170. The lowest BCUT2D eigenvalue weighted by Gasteiger charge is -2.35. The van der Waals surface area contributed by atoms with E-state index in [0.717, 1.165) is 0 Å². The maximum absolute atomic E-state index is 12.3. The van der Waals surface area contributed by atoms with Crippen molar-refractivity contribution in [2.24, 2.45) is 0 Å². The molecule has 0 radical (unpaired) electrons. The van der Waals surface area contributed by atoms with Crippen molar-refractivity contribution in [3.8, 4) is 0 Å². The molecule has 0 heterocycles. The molecule has 0 aromatic heterocycles. The smallest absolute Gasteiger partial charge is 0.192 e. The van der Waals surface area contributed by atoms with Gasteiger partial charge in [0.15, 0.2) is 8.32 Å². The molecular weight excluding hydrogens is 171 g/mol. The third-order valence-electron chi connectivity index (χ3n) is 2.40. The lowest BCUT2D eigenvalue weighted by Crippen LogP contribution is -2.41. The van der Waals surface area contributed by atoms with Crippen molar-refractivity contribution >= 4 is 8.32 Å². The van der Waals surface area contributed by atoms with Gasteiger partial charge in [-0.05, 0) is 18.1 Å². The lowest BCUT2D eigenvalue weighted by atomic mass is 10.2. The molecular formula is C9H19FOSi. The van der Waals surface area contributed by atoms with Gasteiger partial charge in [0, 0.05) is 0 Å². The molecule has 0 aliphatic carbocycles. The maximum Gasteiger partial charge on any atom is 0.192 e. The van der Waals surface area contributed by atoms with E-state index in [1.165, 1.54) is 0 Å². The van der Waals surface area contributed by atoms with Crippen molar-refractivity contribution in [1.82, 2.24) is 0 Å². The molecule has 0 saturated carbocycles. The van der Waals surface area contributed by atoms with Gasteiger partial charge in [0.25, 0.3) is 0 Å². The first-order chi connectivity index (χ1) is 5.17. The Balaban J connectivity index is 4.14. The Morgan fingerprint density at radius 1 is 1.42 bits per heavy atom. The average molecular weight is 190 g/mol. The van der Waals surface area contributed by atoms with E-state index in [2.05, 4.69) is 40.4 Å². The van der Waals surface area contributed by atoms with Crippen LogP contribution in [-0.2, 0) is 4.43 Å². The minimum Gasteiger partial charge on any atom is -0.410 e.